The van der Waals surface area contributed by atoms with Gasteiger partial charge in [0.2, 0.25) is 5.91 Å². The average Bonchev–Trinajstić information content (AvgIpc) is 2.89. The highest BCUT2D eigenvalue weighted by atomic mass is 16.5. The predicted octanol–water partition coefficient (Wildman–Crippen LogP) is 2.10. The number of carbonyl (C=O) groups is 2. The molecule has 0 unspecified atom stereocenters. The third-order valence-electron chi connectivity index (χ3n) is 2.88. The Morgan fingerprint density at radius 1 is 1.40 bits per heavy atom. The van der Waals surface area contributed by atoms with Gasteiger partial charge in [0.25, 0.3) is 0 Å². The molecule has 20 heavy (non-hydrogen) atoms. The van der Waals surface area contributed by atoms with Crippen LogP contribution in [0.1, 0.15) is 22.8 Å². The number of aromatic nitrogens is 1. The Labute approximate surface area is 116 Å². The maximum atomic E-state index is 11.8. The summed E-state index contributed by atoms with van der Waals surface area (Å²) >= 11 is 0. The molecule has 2 N–H and O–H groups in total. The Hall–Kier alpha value is -2.56. The summed E-state index contributed by atoms with van der Waals surface area (Å²) in [6, 6.07) is 5.55. The molecular formula is C15H16N2O3. The van der Waals surface area contributed by atoms with Crippen molar-refractivity contribution < 1.29 is 14.3 Å². The average molecular weight is 272 g/mol. The lowest BCUT2D eigenvalue weighted by atomic mass is 10.1. The second-order valence-corrected chi connectivity index (χ2v) is 4.34. The molecule has 0 spiro atoms. The fourth-order valence-electron chi connectivity index (χ4n) is 1.96. The number of rotatable bonds is 4. The molecule has 0 atom stereocenters. The summed E-state index contributed by atoms with van der Waals surface area (Å²) in [5.41, 5.74) is 2.25. The molecule has 1 heterocycles. The molecular weight excluding hydrogens is 256 g/mol. The minimum atomic E-state index is -0.369. The standard InChI is InChI=1S/C15H16N2O3/c1-10(18)16-6-3-4-11-8-13(15(19)20-2)12-5-7-17-14(12)9-11/h3-5,7-9,17H,6H2,1-2H3,(H,16,18). The number of amides is 1. The first-order chi connectivity index (χ1) is 9.61. The molecule has 5 nitrogen and oxygen atoms in total. The van der Waals surface area contributed by atoms with Crippen LogP contribution >= 0.6 is 0 Å². The molecule has 0 aliphatic rings. The number of methoxy groups -OCH3 is 1. The molecule has 1 amide bonds. The fourth-order valence-corrected chi connectivity index (χ4v) is 1.96. The van der Waals surface area contributed by atoms with Crippen LogP contribution in [0, 0.1) is 0 Å². The molecule has 2 rings (SSSR count). The molecule has 1 aromatic heterocycles. The lowest BCUT2D eigenvalue weighted by Crippen LogP contribution is -2.19. The number of benzene rings is 1. The number of H-pyrrole nitrogens is 1. The molecule has 0 aliphatic carbocycles. The van der Waals surface area contributed by atoms with Crippen LogP contribution in [0.5, 0.6) is 0 Å². The van der Waals surface area contributed by atoms with Crippen LogP contribution in [-0.2, 0) is 9.53 Å². The van der Waals surface area contributed by atoms with Crippen LogP contribution in [0.3, 0.4) is 0 Å². The summed E-state index contributed by atoms with van der Waals surface area (Å²) < 4.78 is 4.79. The molecule has 0 fully saturated rings. The number of hydrogen-bond donors (Lipinski definition) is 2. The highest BCUT2D eigenvalue weighted by molar-refractivity contribution is 6.04. The van der Waals surface area contributed by atoms with Gasteiger partial charge in [0, 0.05) is 30.6 Å². The Bertz CT molecular complexity index is 671. The number of ether oxygens (including phenoxy) is 1. The number of aromatic amines is 1. The van der Waals surface area contributed by atoms with E-state index in [0.29, 0.717) is 12.1 Å². The molecule has 0 aliphatic heterocycles. The van der Waals surface area contributed by atoms with Gasteiger partial charge < -0.3 is 15.0 Å². The lowest BCUT2D eigenvalue weighted by Gasteiger charge is -2.04. The van der Waals surface area contributed by atoms with Gasteiger partial charge in [0.15, 0.2) is 0 Å². The van der Waals surface area contributed by atoms with E-state index in [1.807, 2.05) is 24.3 Å². The molecule has 0 bridgehead atoms. The van der Waals surface area contributed by atoms with Crippen LogP contribution in [0.15, 0.2) is 30.5 Å². The first kappa shape index (κ1) is 13.9. The monoisotopic (exact) mass is 272 g/mol. The van der Waals surface area contributed by atoms with E-state index in [4.69, 9.17) is 4.74 Å². The SMILES string of the molecule is COC(=O)c1cc(C=CCNC(C)=O)cc2[nH]ccc12. The first-order valence-corrected chi connectivity index (χ1v) is 6.22. The van der Waals surface area contributed by atoms with Gasteiger partial charge in [0.1, 0.15) is 0 Å². The number of esters is 1. The smallest absolute Gasteiger partial charge is 0.338 e. The fraction of sp³-hybridized carbons (Fsp3) is 0.200. The predicted molar refractivity (Wildman–Crippen MR) is 77.4 cm³/mol. The van der Waals surface area contributed by atoms with Crippen molar-refractivity contribution in [2.45, 2.75) is 6.92 Å². The van der Waals surface area contributed by atoms with E-state index in [2.05, 4.69) is 10.3 Å². The molecule has 0 radical (unpaired) electrons. The summed E-state index contributed by atoms with van der Waals surface area (Å²) in [6.07, 6.45) is 5.46. The van der Waals surface area contributed by atoms with Crippen LogP contribution in [0.2, 0.25) is 0 Å². The highest BCUT2D eigenvalue weighted by Crippen LogP contribution is 2.21. The lowest BCUT2D eigenvalue weighted by molar-refractivity contribution is -0.118. The first-order valence-electron chi connectivity index (χ1n) is 6.22. The van der Waals surface area contributed by atoms with Gasteiger partial charge in [-0.1, -0.05) is 12.2 Å². The second kappa shape index (κ2) is 6.06. The van der Waals surface area contributed by atoms with E-state index < -0.39 is 0 Å². The minimum absolute atomic E-state index is 0.0790. The van der Waals surface area contributed by atoms with Crippen molar-refractivity contribution in [2.24, 2.45) is 0 Å². The molecule has 1 aromatic carbocycles. The third-order valence-corrected chi connectivity index (χ3v) is 2.88. The van der Waals surface area contributed by atoms with E-state index in [1.54, 1.807) is 12.3 Å². The largest absolute Gasteiger partial charge is 0.465 e. The number of nitrogens with one attached hydrogen (secondary N) is 2. The number of carbonyl (C=O) groups excluding carboxylic acids is 2. The van der Waals surface area contributed by atoms with E-state index in [9.17, 15) is 9.59 Å². The van der Waals surface area contributed by atoms with Gasteiger partial charge in [-0.15, -0.1) is 0 Å². The van der Waals surface area contributed by atoms with Gasteiger partial charge >= 0.3 is 5.97 Å². The summed E-state index contributed by atoms with van der Waals surface area (Å²) in [5.74, 6) is -0.448. The van der Waals surface area contributed by atoms with Gasteiger partial charge in [0.05, 0.1) is 12.7 Å². The van der Waals surface area contributed by atoms with Crippen molar-refractivity contribution in [2.75, 3.05) is 13.7 Å². The van der Waals surface area contributed by atoms with Crippen molar-refractivity contribution in [3.8, 4) is 0 Å². The molecule has 104 valence electrons. The summed E-state index contributed by atoms with van der Waals surface area (Å²) in [7, 11) is 1.36. The van der Waals surface area contributed by atoms with Gasteiger partial charge in [-0.25, -0.2) is 4.79 Å². The van der Waals surface area contributed by atoms with Crippen molar-refractivity contribution in [3.63, 3.8) is 0 Å². The summed E-state index contributed by atoms with van der Waals surface area (Å²) in [5, 5.41) is 3.50. The molecule has 0 saturated heterocycles. The second-order valence-electron chi connectivity index (χ2n) is 4.34. The quantitative estimate of drug-likeness (QED) is 0.837. The van der Waals surface area contributed by atoms with E-state index in [-0.39, 0.29) is 11.9 Å². The van der Waals surface area contributed by atoms with E-state index in [1.165, 1.54) is 14.0 Å². The molecule has 5 heteroatoms. The number of fused-ring (bicyclic) bond motifs is 1. The van der Waals surface area contributed by atoms with Gasteiger partial charge in [-0.3, -0.25) is 4.79 Å². The zero-order valence-corrected chi connectivity index (χ0v) is 11.4. The summed E-state index contributed by atoms with van der Waals surface area (Å²) in [4.78, 5) is 25.6. The topological polar surface area (TPSA) is 71.2 Å². The zero-order valence-electron chi connectivity index (χ0n) is 11.4. The van der Waals surface area contributed by atoms with Gasteiger partial charge in [-0.05, 0) is 23.8 Å². The maximum Gasteiger partial charge on any atom is 0.338 e. The molecule has 0 saturated carbocycles. The van der Waals surface area contributed by atoms with Gasteiger partial charge in [-0.2, -0.15) is 0 Å². The Morgan fingerprint density at radius 2 is 2.20 bits per heavy atom. The van der Waals surface area contributed by atoms with Crippen molar-refractivity contribution in [1.82, 2.24) is 10.3 Å². The highest BCUT2D eigenvalue weighted by Gasteiger charge is 2.11. The normalized spacial score (nSPS) is 10.9. The van der Waals surface area contributed by atoms with E-state index in [0.717, 1.165) is 16.5 Å². The van der Waals surface area contributed by atoms with E-state index >= 15 is 0 Å². The van der Waals surface area contributed by atoms with Crippen LogP contribution in [0.4, 0.5) is 0 Å². The maximum absolute atomic E-state index is 11.8. The Morgan fingerprint density at radius 3 is 2.90 bits per heavy atom. The Balaban J connectivity index is 2.30. The van der Waals surface area contributed by atoms with Crippen LogP contribution < -0.4 is 5.32 Å². The van der Waals surface area contributed by atoms with Crippen LogP contribution in [0.25, 0.3) is 17.0 Å². The van der Waals surface area contributed by atoms with Crippen molar-refractivity contribution in [1.29, 1.82) is 0 Å². The summed E-state index contributed by atoms with van der Waals surface area (Å²) in [6.45, 7) is 1.92. The van der Waals surface area contributed by atoms with Crippen LogP contribution in [-0.4, -0.2) is 30.5 Å². The van der Waals surface area contributed by atoms with Crippen molar-refractivity contribution >= 4 is 28.9 Å². The zero-order chi connectivity index (χ0) is 14.5. The number of hydrogen-bond acceptors (Lipinski definition) is 3. The van der Waals surface area contributed by atoms with Crippen molar-refractivity contribution in [3.05, 3.63) is 41.6 Å². The third kappa shape index (κ3) is 3.06. The minimum Gasteiger partial charge on any atom is -0.465 e. The Kier molecular flexibility index (Phi) is 4.20. The molecule has 2 aromatic rings.